The molecule has 1 heterocycles. The number of sulfonamides is 1. The van der Waals surface area contributed by atoms with Crippen molar-refractivity contribution in [3.63, 3.8) is 0 Å². The average molecular weight is 549 g/mol. The maximum atomic E-state index is 13.8. The molecular formula is C23H24F4N2O5S2. The number of amides is 1. The number of rotatable bonds is 6. The third-order valence-corrected chi connectivity index (χ3v) is 9.52. The first kappa shape index (κ1) is 26.6. The van der Waals surface area contributed by atoms with Gasteiger partial charge in [0.1, 0.15) is 5.82 Å². The van der Waals surface area contributed by atoms with E-state index in [0.717, 1.165) is 48.7 Å². The molecule has 36 heavy (non-hydrogen) atoms. The van der Waals surface area contributed by atoms with Crippen LogP contribution in [0.4, 0.5) is 17.6 Å². The molecule has 0 unspecified atom stereocenters. The summed E-state index contributed by atoms with van der Waals surface area (Å²) >= 11 is 0. The van der Waals surface area contributed by atoms with E-state index < -0.39 is 49.4 Å². The highest BCUT2D eigenvalue weighted by molar-refractivity contribution is 7.90. The van der Waals surface area contributed by atoms with Gasteiger partial charge in [-0.25, -0.2) is 21.2 Å². The summed E-state index contributed by atoms with van der Waals surface area (Å²) in [6.45, 7) is 0.212. The van der Waals surface area contributed by atoms with Gasteiger partial charge in [0, 0.05) is 31.4 Å². The predicted molar refractivity (Wildman–Crippen MR) is 122 cm³/mol. The van der Waals surface area contributed by atoms with Crippen LogP contribution < -0.4 is 0 Å². The van der Waals surface area contributed by atoms with Gasteiger partial charge in [0.25, 0.3) is 5.91 Å². The number of nitrogens with zero attached hydrogens (tertiary/aromatic N) is 2. The Morgan fingerprint density at radius 1 is 0.917 bits per heavy atom. The molecule has 2 aromatic carbocycles. The second kappa shape index (κ2) is 9.42. The Labute approximate surface area is 206 Å². The van der Waals surface area contributed by atoms with Crippen molar-refractivity contribution in [2.75, 3.05) is 19.3 Å². The van der Waals surface area contributed by atoms with Crippen molar-refractivity contribution in [2.24, 2.45) is 0 Å². The molecule has 0 aromatic heterocycles. The topological polar surface area (TPSA) is 91.8 Å². The van der Waals surface area contributed by atoms with Crippen molar-refractivity contribution in [3.05, 3.63) is 59.4 Å². The molecule has 196 valence electrons. The van der Waals surface area contributed by atoms with E-state index in [1.54, 1.807) is 0 Å². The van der Waals surface area contributed by atoms with Crippen molar-refractivity contribution >= 4 is 25.8 Å². The second-order valence-electron chi connectivity index (χ2n) is 9.02. The van der Waals surface area contributed by atoms with E-state index in [1.165, 1.54) is 9.21 Å². The monoisotopic (exact) mass is 548 g/mol. The highest BCUT2D eigenvalue weighted by Gasteiger charge is 2.44. The number of alkyl halides is 3. The van der Waals surface area contributed by atoms with Crippen LogP contribution in [-0.4, -0.2) is 63.4 Å². The molecule has 2 aromatic rings. The van der Waals surface area contributed by atoms with Crippen molar-refractivity contribution in [1.29, 1.82) is 0 Å². The Kier molecular flexibility index (Phi) is 6.95. The summed E-state index contributed by atoms with van der Waals surface area (Å²) in [6, 6.07) is 5.46. The molecule has 0 atom stereocenters. The van der Waals surface area contributed by atoms with Gasteiger partial charge in [-0.05, 0) is 68.1 Å². The number of benzene rings is 2. The predicted octanol–water partition coefficient (Wildman–Crippen LogP) is 3.71. The molecule has 7 nitrogen and oxygen atoms in total. The number of halogens is 4. The van der Waals surface area contributed by atoms with E-state index >= 15 is 0 Å². The van der Waals surface area contributed by atoms with Crippen LogP contribution in [0.2, 0.25) is 0 Å². The summed E-state index contributed by atoms with van der Waals surface area (Å²) in [5.74, 6) is -1.43. The molecule has 2 aliphatic rings. The first-order valence-electron chi connectivity index (χ1n) is 11.2. The summed E-state index contributed by atoms with van der Waals surface area (Å²) in [5.41, 5.74) is -1.23. The summed E-state index contributed by atoms with van der Waals surface area (Å²) in [5, 5.41) is 0. The molecule has 1 amide bonds. The summed E-state index contributed by atoms with van der Waals surface area (Å²) in [4.78, 5) is 13.9. The van der Waals surface area contributed by atoms with Gasteiger partial charge in [-0.15, -0.1) is 0 Å². The molecule has 1 aliphatic carbocycles. The SMILES string of the molecule is CS(=O)(=O)c1ccc(F)cc1C(=O)N1CCC(N(C2CC2)S(=O)(=O)c2ccc(C(F)(F)F)cc2)CC1. The number of carbonyl (C=O) groups is 1. The van der Waals surface area contributed by atoms with Crippen molar-refractivity contribution in [2.45, 2.75) is 53.7 Å². The minimum Gasteiger partial charge on any atom is -0.338 e. The molecule has 0 spiro atoms. The fraction of sp³-hybridized carbons (Fsp3) is 0.435. The van der Waals surface area contributed by atoms with Gasteiger partial charge in [0.2, 0.25) is 10.0 Å². The van der Waals surface area contributed by atoms with Gasteiger partial charge in [0.15, 0.2) is 9.84 Å². The highest BCUT2D eigenvalue weighted by atomic mass is 32.2. The van der Waals surface area contributed by atoms with Gasteiger partial charge in [0.05, 0.1) is 20.9 Å². The van der Waals surface area contributed by atoms with Crippen molar-refractivity contribution in [1.82, 2.24) is 9.21 Å². The zero-order valence-electron chi connectivity index (χ0n) is 19.2. The third-order valence-electron chi connectivity index (χ3n) is 6.35. The molecule has 1 saturated carbocycles. The second-order valence-corrected chi connectivity index (χ2v) is 12.9. The maximum absolute atomic E-state index is 13.8. The molecule has 0 radical (unpaired) electrons. The normalized spacial score (nSPS) is 18.0. The van der Waals surface area contributed by atoms with Gasteiger partial charge < -0.3 is 4.90 Å². The van der Waals surface area contributed by atoms with E-state index in [1.807, 2.05) is 0 Å². The molecule has 0 N–H and O–H groups in total. The van der Waals surface area contributed by atoms with Crippen LogP contribution in [-0.2, 0) is 26.0 Å². The van der Waals surface area contributed by atoms with Crippen LogP contribution in [0.3, 0.4) is 0 Å². The summed E-state index contributed by atoms with van der Waals surface area (Å²) < 4.78 is 105. The Morgan fingerprint density at radius 2 is 1.47 bits per heavy atom. The van der Waals surface area contributed by atoms with Crippen LogP contribution in [0.5, 0.6) is 0 Å². The number of sulfone groups is 1. The van der Waals surface area contributed by atoms with E-state index in [2.05, 4.69) is 0 Å². The molecule has 13 heteroatoms. The minimum atomic E-state index is -4.59. The highest BCUT2D eigenvalue weighted by Crippen LogP contribution is 2.38. The molecular weight excluding hydrogens is 524 g/mol. The zero-order chi connectivity index (χ0) is 26.5. The fourth-order valence-corrected chi connectivity index (χ4v) is 7.23. The lowest BCUT2D eigenvalue weighted by atomic mass is 10.0. The van der Waals surface area contributed by atoms with E-state index in [-0.39, 0.29) is 47.3 Å². The Bertz CT molecular complexity index is 1360. The molecule has 1 saturated heterocycles. The first-order valence-corrected chi connectivity index (χ1v) is 14.5. The number of hydrogen-bond acceptors (Lipinski definition) is 5. The molecule has 4 rings (SSSR count). The van der Waals surface area contributed by atoms with Crippen LogP contribution in [0.15, 0.2) is 52.3 Å². The Hall–Kier alpha value is -2.51. The van der Waals surface area contributed by atoms with Gasteiger partial charge in [-0.2, -0.15) is 17.5 Å². The van der Waals surface area contributed by atoms with Crippen molar-refractivity contribution < 1.29 is 39.2 Å². The Morgan fingerprint density at radius 3 is 1.97 bits per heavy atom. The summed E-state index contributed by atoms with van der Waals surface area (Å²) in [7, 11) is -7.88. The van der Waals surface area contributed by atoms with Crippen molar-refractivity contribution in [3.8, 4) is 0 Å². The molecule has 0 bridgehead atoms. The lowest BCUT2D eigenvalue weighted by Gasteiger charge is -2.38. The van der Waals surface area contributed by atoms with Gasteiger partial charge >= 0.3 is 6.18 Å². The molecule has 2 fully saturated rings. The van der Waals surface area contributed by atoms with Gasteiger partial charge in [-0.1, -0.05) is 0 Å². The number of likely N-dealkylation sites (tertiary alicyclic amines) is 1. The third kappa shape index (κ3) is 5.42. The number of carbonyl (C=O) groups excluding carboxylic acids is 1. The average Bonchev–Trinajstić information content (AvgIpc) is 3.62. The fourth-order valence-electron chi connectivity index (χ4n) is 4.44. The smallest absolute Gasteiger partial charge is 0.338 e. The Balaban J connectivity index is 1.53. The van der Waals surface area contributed by atoms with Crippen LogP contribution in [0.1, 0.15) is 41.6 Å². The summed E-state index contributed by atoms with van der Waals surface area (Å²) in [6.07, 6.45) is -1.93. The van der Waals surface area contributed by atoms with Crippen LogP contribution in [0, 0.1) is 5.82 Å². The zero-order valence-corrected chi connectivity index (χ0v) is 20.8. The number of piperidine rings is 1. The van der Waals surface area contributed by atoms with E-state index in [0.29, 0.717) is 12.8 Å². The number of hydrogen-bond donors (Lipinski definition) is 0. The van der Waals surface area contributed by atoms with Gasteiger partial charge in [-0.3, -0.25) is 4.79 Å². The molecule has 1 aliphatic heterocycles. The lowest BCUT2D eigenvalue weighted by molar-refractivity contribution is -0.137. The van der Waals surface area contributed by atoms with E-state index in [9.17, 15) is 39.2 Å². The standard InChI is InChI=1S/C23H24F4N2O5S2/c1-35(31,32)21-9-4-16(24)14-20(21)22(30)28-12-10-18(11-13-28)29(17-5-6-17)36(33,34)19-7-2-15(3-8-19)23(25,26)27/h2-4,7-9,14,17-18H,5-6,10-13H2,1H3. The van der Waals surface area contributed by atoms with Crippen LogP contribution >= 0.6 is 0 Å². The maximum Gasteiger partial charge on any atom is 0.416 e. The minimum absolute atomic E-state index is 0.106. The quantitative estimate of drug-likeness (QED) is 0.406. The van der Waals surface area contributed by atoms with E-state index in [4.69, 9.17) is 0 Å². The first-order chi connectivity index (χ1) is 16.7. The van der Waals surface area contributed by atoms with Crippen LogP contribution in [0.25, 0.3) is 0 Å². The lowest BCUT2D eigenvalue weighted by Crippen LogP contribution is -2.49. The largest absolute Gasteiger partial charge is 0.416 e.